The molecule has 0 rings (SSSR count). The van der Waals surface area contributed by atoms with Crippen LogP contribution < -0.4 is 4.72 Å². The maximum Gasteiger partial charge on any atom is 0.279 e. The third-order valence-corrected chi connectivity index (χ3v) is 4.70. The molecule has 0 aliphatic carbocycles. The SMILES string of the molecule is CCC(O)(CC)CNS(=O)(=O)N(C)C(C)C. The van der Waals surface area contributed by atoms with Crippen LogP contribution in [0.4, 0.5) is 0 Å². The number of nitrogens with zero attached hydrogens (tertiary/aromatic N) is 1. The van der Waals surface area contributed by atoms with Crippen molar-refractivity contribution in [3.63, 3.8) is 0 Å². The van der Waals surface area contributed by atoms with Crippen LogP contribution in [0.15, 0.2) is 0 Å². The third-order valence-electron chi connectivity index (χ3n) is 3.01. The molecule has 0 unspecified atom stereocenters. The van der Waals surface area contributed by atoms with Gasteiger partial charge >= 0.3 is 0 Å². The Morgan fingerprint density at radius 1 is 1.31 bits per heavy atom. The van der Waals surface area contributed by atoms with Gasteiger partial charge in [-0.15, -0.1) is 0 Å². The Bertz CT molecular complexity index is 297. The Morgan fingerprint density at radius 2 is 1.75 bits per heavy atom. The first-order valence-corrected chi connectivity index (χ1v) is 7.07. The van der Waals surface area contributed by atoms with Crippen LogP contribution in [0.2, 0.25) is 0 Å². The molecule has 6 heteroatoms. The van der Waals surface area contributed by atoms with Crippen LogP contribution in [0, 0.1) is 0 Å². The van der Waals surface area contributed by atoms with E-state index >= 15 is 0 Å². The molecule has 0 atom stereocenters. The van der Waals surface area contributed by atoms with E-state index in [9.17, 15) is 13.5 Å². The van der Waals surface area contributed by atoms with Crippen LogP contribution in [-0.2, 0) is 10.2 Å². The number of rotatable bonds is 7. The summed E-state index contributed by atoms with van der Waals surface area (Å²) in [6.07, 6.45) is 1.05. The Balaban J connectivity index is 4.51. The van der Waals surface area contributed by atoms with Gasteiger partial charge in [-0.2, -0.15) is 17.4 Å². The summed E-state index contributed by atoms with van der Waals surface area (Å²) in [7, 11) is -1.97. The monoisotopic (exact) mass is 252 g/mol. The minimum Gasteiger partial charge on any atom is -0.389 e. The molecule has 0 fully saturated rings. The van der Waals surface area contributed by atoms with Gasteiger partial charge in [-0.3, -0.25) is 0 Å². The first-order valence-electron chi connectivity index (χ1n) is 5.63. The van der Waals surface area contributed by atoms with E-state index in [1.54, 1.807) is 13.8 Å². The lowest BCUT2D eigenvalue weighted by atomic mass is 9.98. The summed E-state index contributed by atoms with van der Waals surface area (Å²) >= 11 is 0. The summed E-state index contributed by atoms with van der Waals surface area (Å²) < 4.78 is 27.2. The molecule has 0 radical (unpaired) electrons. The van der Waals surface area contributed by atoms with E-state index in [0.29, 0.717) is 12.8 Å². The van der Waals surface area contributed by atoms with Gasteiger partial charge in [-0.1, -0.05) is 13.8 Å². The summed E-state index contributed by atoms with van der Waals surface area (Å²) in [6.45, 7) is 7.32. The second-order valence-electron chi connectivity index (χ2n) is 4.37. The van der Waals surface area contributed by atoms with E-state index in [2.05, 4.69) is 4.72 Å². The Labute approximate surface area is 99.0 Å². The number of aliphatic hydroxyl groups is 1. The molecule has 0 amide bonds. The van der Waals surface area contributed by atoms with Crippen LogP contribution in [0.1, 0.15) is 40.5 Å². The number of nitrogens with one attached hydrogen (secondary N) is 1. The van der Waals surface area contributed by atoms with Crippen molar-refractivity contribution in [2.75, 3.05) is 13.6 Å². The summed E-state index contributed by atoms with van der Waals surface area (Å²) in [5, 5.41) is 9.97. The number of hydrogen-bond acceptors (Lipinski definition) is 3. The van der Waals surface area contributed by atoms with Crippen molar-refractivity contribution >= 4 is 10.2 Å². The molecule has 0 aromatic carbocycles. The van der Waals surface area contributed by atoms with Gasteiger partial charge in [0, 0.05) is 19.6 Å². The Hall–Kier alpha value is -0.170. The minimum absolute atomic E-state index is 0.0550. The summed E-state index contributed by atoms with van der Waals surface area (Å²) in [5.41, 5.74) is -0.953. The van der Waals surface area contributed by atoms with Gasteiger partial charge in [0.2, 0.25) is 0 Å². The molecular formula is C10H24N2O3S. The van der Waals surface area contributed by atoms with E-state index < -0.39 is 15.8 Å². The molecule has 5 nitrogen and oxygen atoms in total. The topological polar surface area (TPSA) is 69.6 Å². The molecule has 0 aliphatic rings. The van der Waals surface area contributed by atoms with Crippen LogP contribution in [0.5, 0.6) is 0 Å². The second kappa shape index (κ2) is 5.95. The first-order chi connectivity index (χ1) is 7.18. The lowest BCUT2D eigenvalue weighted by Crippen LogP contribution is -2.48. The fraction of sp³-hybridized carbons (Fsp3) is 1.00. The van der Waals surface area contributed by atoms with Gasteiger partial charge in [0.25, 0.3) is 10.2 Å². The van der Waals surface area contributed by atoms with Gasteiger partial charge < -0.3 is 5.11 Å². The minimum atomic E-state index is -3.49. The van der Waals surface area contributed by atoms with Crippen molar-refractivity contribution in [1.29, 1.82) is 0 Å². The zero-order chi connectivity index (χ0) is 13.0. The standard InChI is InChI=1S/C10H24N2O3S/c1-6-10(13,7-2)8-11-16(14,15)12(5)9(3)4/h9,11,13H,6-8H2,1-5H3. The molecule has 0 aromatic heterocycles. The molecule has 0 saturated heterocycles. The first kappa shape index (κ1) is 15.8. The highest BCUT2D eigenvalue weighted by Crippen LogP contribution is 2.14. The predicted molar refractivity (Wildman–Crippen MR) is 65.4 cm³/mol. The van der Waals surface area contributed by atoms with E-state index in [-0.39, 0.29) is 12.6 Å². The summed E-state index contributed by atoms with van der Waals surface area (Å²) in [4.78, 5) is 0. The van der Waals surface area contributed by atoms with Crippen molar-refractivity contribution in [2.24, 2.45) is 0 Å². The van der Waals surface area contributed by atoms with E-state index in [1.807, 2.05) is 13.8 Å². The average molecular weight is 252 g/mol. The quantitative estimate of drug-likeness (QED) is 0.701. The zero-order valence-corrected chi connectivity index (χ0v) is 11.6. The van der Waals surface area contributed by atoms with Crippen molar-refractivity contribution in [3.05, 3.63) is 0 Å². The molecule has 0 aromatic rings. The van der Waals surface area contributed by atoms with Crippen LogP contribution in [-0.4, -0.2) is 43.1 Å². The van der Waals surface area contributed by atoms with Gasteiger partial charge in [-0.25, -0.2) is 0 Å². The van der Waals surface area contributed by atoms with Crippen molar-refractivity contribution < 1.29 is 13.5 Å². The highest BCUT2D eigenvalue weighted by Gasteiger charge is 2.27. The third kappa shape index (κ3) is 4.37. The van der Waals surface area contributed by atoms with Crippen molar-refractivity contribution in [1.82, 2.24) is 9.03 Å². The van der Waals surface area contributed by atoms with Crippen molar-refractivity contribution in [3.8, 4) is 0 Å². The summed E-state index contributed by atoms with van der Waals surface area (Å²) in [6, 6.07) is -0.103. The van der Waals surface area contributed by atoms with E-state index in [1.165, 1.54) is 11.4 Å². The largest absolute Gasteiger partial charge is 0.389 e. The second-order valence-corrected chi connectivity index (χ2v) is 6.18. The van der Waals surface area contributed by atoms with Crippen molar-refractivity contribution in [2.45, 2.75) is 52.2 Å². The molecule has 0 bridgehead atoms. The molecule has 0 heterocycles. The lowest BCUT2D eigenvalue weighted by molar-refractivity contribution is 0.0373. The van der Waals surface area contributed by atoms with Gasteiger partial charge in [-0.05, 0) is 26.7 Å². The van der Waals surface area contributed by atoms with Gasteiger partial charge in [0.05, 0.1) is 5.60 Å². The fourth-order valence-corrected chi connectivity index (χ4v) is 2.31. The predicted octanol–water partition coefficient (Wildman–Crippen LogP) is 0.712. The van der Waals surface area contributed by atoms with E-state index in [4.69, 9.17) is 0 Å². The van der Waals surface area contributed by atoms with Crippen LogP contribution in [0.3, 0.4) is 0 Å². The van der Waals surface area contributed by atoms with Gasteiger partial charge in [0.1, 0.15) is 0 Å². The smallest absolute Gasteiger partial charge is 0.279 e. The number of hydrogen-bond donors (Lipinski definition) is 2. The Morgan fingerprint density at radius 3 is 2.06 bits per heavy atom. The normalized spacial score (nSPS) is 13.8. The molecule has 2 N–H and O–H groups in total. The fourth-order valence-electron chi connectivity index (χ4n) is 1.10. The average Bonchev–Trinajstić information content (AvgIpc) is 2.24. The highest BCUT2D eigenvalue weighted by atomic mass is 32.2. The van der Waals surface area contributed by atoms with Crippen LogP contribution in [0.25, 0.3) is 0 Å². The maximum absolute atomic E-state index is 11.8. The van der Waals surface area contributed by atoms with Gasteiger partial charge in [0.15, 0.2) is 0 Å². The molecule has 98 valence electrons. The molecule has 0 spiro atoms. The molecule has 16 heavy (non-hydrogen) atoms. The van der Waals surface area contributed by atoms with Crippen LogP contribution >= 0.6 is 0 Å². The molecule has 0 saturated carbocycles. The van der Waals surface area contributed by atoms with E-state index in [0.717, 1.165) is 0 Å². The molecular weight excluding hydrogens is 228 g/mol. The lowest BCUT2D eigenvalue weighted by Gasteiger charge is -2.28. The maximum atomic E-state index is 11.8. The highest BCUT2D eigenvalue weighted by molar-refractivity contribution is 7.87. The summed E-state index contributed by atoms with van der Waals surface area (Å²) in [5.74, 6) is 0. The zero-order valence-electron chi connectivity index (χ0n) is 10.8. The Kier molecular flexibility index (Phi) is 5.89. The molecule has 0 aliphatic heterocycles.